The summed E-state index contributed by atoms with van der Waals surface area (Å²) in [4.78, 5) is 0. The molecule has 0 heteroatoms. The van der Waals surface area contributed by atoms with Gasteiger partial charge in [-0.1, -0.05) is 189 Å². The van der Waals surface area contributed by atoms with Crippen LogP contribution in [-0.2, 0) is 5.41 Å². The van der Waals surface area contributed by atoms with Crippen LogP contribution in [0, 0.1) is 0 Å². The molecule has 0 heterocycles. The first-order valence-electron chi connectivity index (χ1n) is 19.5. The van der Waals surface area contributed by atoms with Crippen LogP contribution in [0.15, 0.2) is 170 Å². The molecule has 10 rings (SSSR count). The lowest BCUT2D eigenvalue weighted by atomic mass is 9.67. The lowest BCUT2D eigenvalue weighted by Gasteiger charge is -2.36. The molecule has 1 spiro atoms. The van der Waals surface area contributed by atoms with Gasteiger partial charge in [-0.05, 0) is 125 Å². The molecule has 258 valence electrons. The zero-order chi connectivity index (χ0) is 35.9. The fourth-order valence-electron chi connectivity index (χ4n) is 9.13. The molecule has 54 heavy (non-hydrogen) atoms. The molecule has 0 amide bonds. The van der Waals surface area contributed by atoms with E-state index in [4.69, 9.17) is 0 Å². The first-order valence-corrected chi connectivity index (χ1v) is 19.5. The summed E-state index contributed by atoms with van der Waals surface area (Å²) in [6.07, 6.45) is 15.2. The number of hydrogen-bond donors (Lipinski definition) is 0. The zero-order valence-electron chi connectivity index (χ0n) is 30.5. The van der Waals surface area contributed by atoms with Gasteiger partial charge in [0.05, 0.1) is 0 Å². The van der Waals surface area contributed by atoms with Crippen LogP contribution >= 0.6 is 0 Å². The van der Waals surface area contributed by atoms with Crippen LogP contribution in [0.4, 0.5) is 0 Å². The van der Waals surface area contributed by atoms with E-state index in [2.05, 4.69) is 194 Å². The molecule has 8 aromatic rings. The van der Waals surface area contributed by atoms with Gasteiger partial charge in [0, 0.05) is 5.41 Å². The van der Waals surface area contributed by atoms with Gasteiger partial charge in [0.2, 0.25) is 0 Å². The molecular weight excluding hydrogens is 649 g/mol. The molecule has 2 aliphatic rings. The molecule has 0 aliphatic heterocycles. The third-order valence-electron chi connectivity index (χ3n) is 12.0. The van der Waals surface area contributed by atoms with Gasteiger partial charge < -0.3 is 0 Å². The van der Waals surface area contributed by atoms with Crippen molar-refractivity contribution in [1.29, 1.82) is 0 Å². The van der Waals surface area contributed by atoms with E-state index in [1.807, 2.05) is 0 Å². The minimum absolute atomic E-state index is 0.0833. The molecule has 0 atom stereocenters. The summed E-state index contributed by atoms with van der Waals surface area (Å²) in [5, 5.41) is 5.10. The van der Waals surface area contributed by atoms with E-state index in [9.17, 15) is 0 Å². The SMILES string of the molecule is C(=Cc1ccc2ccccc2c1)c1ccc(-c2ccc3c(c2)C2(CCCCC2)c2cc(-c4ccc(C=Cc5ccc6ccccc6c5)cc4)ccc2-3)cc1. The summed E-state index contributed by atoms with van der Waals surface area (Å²) in [6.45, 7) is 0. The van der Waals surface area contributed by atoms with Crippen molar-refractivity contribution < 1.29 is 0 Å². The third kappa shape index (κ3) is 5.99. The maximum absolute atomic E-state index is 2.52. The highest BCUT2D eigenvalue weighted by Gasteiger charge is 2.44. The summed E-state index contributed by atoms with van der Waals surface area (Å²) in [6, 6.07) is 63.1. The van der Waals surface area contributed by atoms with Crippen LogP contribution in [0.1, 0.15) is 65.5 Å². The van der Waals surface area contributed by atoms with Crippen LogP contribution in [0.3, 0.4) is 0 Å². The van der Waals surface area contributed by atoms with Crippen molar-refractivity contribution in [3.05, 3.63) is 203 Å². The lowest BCUT2D eigenvalue weighted by molar-refractivity contribution is 0.353. The van der Waals surface area contributed by atoms with Crippen LogP contribution in [0.25, 0.3) is 79.2 Å². The smallest absolute Gasteiger partial charge is 0.0215 e. The number of rotatable bonds is 6. The third-order valence-corrected chi connectivity index (χ3v) is 12.0. The highest BCUT2D eigenvalue weighted by Crippen LogP contribution is 2.57. The van der Waals surface area contributed by atoms with E-state index in [0.717, 1.165) is 0 Å². The summed E-state index contributed by atoms with van der Waals surface area (Å²) < 4.78 is 0. The van der Waals surface area contributed by atoms with E-state index in [0.29, 0.717) is 0 Å². The van der Waals surface area contributed by atoms with Gasteiger partial charge in [0.1, 0.15) is 0 Å². The van der Waals surface area contributed by atoms with Gasteiger partial charge >= 0.3 is 0 Å². The highest BCUT2D eigenvalue weighted by atomic mass is 14.5. The van der Waals surface area contributed by atoms with Crippen LogP contribution in [0.2, 0.25) is 0 Å². The molecule has 0 N–H and O–H groups in total. The topological polar surface area (TPSA) is 0 Å². The molecule has 0 saturated heterocycles. The Morgan fingerprint density at radius 3 is 1.17 bits per heavy atom. The molecule has 0 unspecified atom stereocenters. The maximum atomic E-state index is 2.52. The van der Waals surface area contributed by atoms with Crippen molar-refractivity contribution in [2.45, 2.75) is 37.5 Å². The zero-order valence-corrected chi connectivity index (χ0v) is 30.5. The monoisotopic (exact) mass is 690 g/mol. The van der Waals surface area contributed by atoms with Gasteiger partial charge in [-0.25, -0.2) is 0 Å². The Balaban J connectivity index is 0.909. The van der Waals surface area contributed by atoms with Crippen molar-refractivity contribution in [1.82, 2.24) is 0 Å². The van der Waals surface area contributed by atoms with E-state index < -0.39 is 0 Å². The average Bonchev–Trinajstić information content (AvgIpc) is 3.49. The Bertz CT molecular complexity index is 2530. The fraction of sp³-hybridized carbons (Fsp3) is 0.111. The van der Waals surface area contributed by atoms with Crippen molar-refractivity contribution in [2.75, 3.05) is 0 Å². The minimum atomic E-state index is 0.0833. The molecule has 0 aromatic heterocycles. The Morgan fingerprint density at radius 2 is 0.704 bits per heavy atom. The molecule has 8 aromatic carbocycles. The minimum Gasteiger partial charge on any atom is -0.0616 e. The number of benzene rings is 8. The van der Waals surface area contributed by atoms with E-state index in [1.54, 1.807) is 0 Å². The molecular formula is C54H42. The Kier molecular flexibility index (Phi) is 8.18. The van der Waals surface area contributed by atoms with Gasteiger partial charge in [-0.3, -0.25) is 0 Å². The maximum Gasteiger partial charge on any atom is 0.0215 e. The largest absolute Gasteiger partial charge is 0.0616 e. The van der Waals surface area contributed by atoms with E-state index in [1.165, 1.54) is 120 Å². The molecule has 1 saturated carbocycles. The summed E-state index contributed by atoms with van der Waals surface area (Å²) >= 11 is 0. The van der Waals surface area contributed by atoms with Gasteiger partial charge in [0.25, 0.3) is 0 Å². The normalized spacial score (nSPS) is 14.7. The summed E-state index contributed by atoms with van der Waals surface area (Å²) in [5.41, 5.74) is 16.0. The fourth-order valence-corrected chi connectivity index (χ4v) is 9.13. The predicted molar refractivity (Wildman–Crippen MR) is 232 cm³/mol. The lowest BCUT2D eigenvalue weighted by Crippen LogP contribution is -2.28. The Morgan fingerprint density at radius 1 is 0.315 bits per heavy atom. The van der Waals surface area contributed by atoms with Crippen molar-refractivity contribution >= 4 is 45.8 Å². The van der Waals surface area contributed by atoms with Crippen molar-refractivity contribution in [3.8, 4) is 33.4 Å². The average molecular weight is 691 g/mol. The first-order chi connectivity index (χ1) is 26.7. The molecule has 0 radical (unpaired) electrons. The van der Waals surface area contributed by atoms with Crippen LogP contribution in [-0.4, -0.2) is 0 Å². The molecule has 1 fully saturated rings. The quantitative estimate of drug-likeness (QED) is 0.152. The van der Waals surface area contributed by atoms with Gasteiger partial charge in [-0.2, -0.15) is 0 Å². The van der Waals surface area contributed by atoms with Gasteiger partial charge in [-0.15, -0.1) is 0 Å². The summed E-state index contributed by atoms with van der Waals surface area (Å²) in [7, 11) is 0. The Labute approximate surface area is 318 Å². The number of fused-ring (bicyclic) bond motifs is 7. The predicted octanol–water partition coefficient (Wildman–Crippen LogP) is 14.9. The Hall–Kier alpha value is -6.24. The van der Waals surface area contributed by atoms with Crippen LogP contribution < -0.4 is 0 Å². The van der Waals surface area contributed by atoms with E-state index in [-0.39, 0.29) is 5.41 Å². The standard InChI is InChI=1S/C54H42/c1-6-32-54(33-7-1)52-36-48(44-22-16-38(17-23-44)12-14-40-20-26-42-8-2-4-10-46(42)34-40)28-30-50(52)51-31-29-49(37-53(51)54)45-24-18-39(19-25-45)13-15-41-21-27-43-9-3-5-11-47(43)35-41/h2-5,8-31,34-37H,1,6-7,32-33H2. The second kappa shape index (κ2) is 13.6. The molecule has 0 nitrogen and oxygen atoms in total. The number of hydrogen-bond acceptors (Lipinski definition) is 0. The first kappa shape index (κ1) is 32.4. The van der Waals surface area contributed by atoms with Crippen molar-refractivity contribution in [3.63, 3.8) is 0 Å². The second-order valence-electron chi connectivity index (χ2n) is 15.3. The van der Waals surface area contributed by atoms with Crippen molar-refractivity contribution in [2.24, 2.45) is 0 Å². The molecule has 2 aliphatic carbocycles. The van der Waals surface area contributed by atoms with E-state index >= 15 is 0 Å². The highest BCUT2D eigenvalue weighted by molar-refractivity contribution is 5.89. The van der Waals surface area contributed by atoms with Gasteiger partial charge in [0.15, 0.2) is 0 Å². The molecule has 0 bridgehead atoms. The second-order valence-corrected chi connectivity index (χ2v) is 15.3. The summed E-state index contributed by atoms with van der Waals surface area (Å²) in [5.74, 6) is 0. The van der Waals surface area contributed by atoms with Crippen LogP contribution in [0.5, 0.6) is 0 Å².